The van der Waals surface area contributed by atoms with Crippen LogP contribution < -0.4 is 10.6 Å². The molecule has 0 spiro atoms. The van der Waals surface area contributed by atoms with Crippen molar-refractivity contribution in [1.82, 2.24) is 10.2 Å². The predicted molar refractivity (Wildman–Crippen MR) is 120 cm³/mol. The zero-order chi connectivity index (χ0) is 21.3. The summed E-state index contributed by atoms with van der Waals surface area (Å²) in [7, 11) is 2.14. The van der Waals surface area contributed by atoms with Crippen LogP contribution in [0.3, 0.4) is 0 Å². The number of rotatable bonds is 4. The van der Waals surface area contributed by atoms with Gasteiger partial charge in [0.1, 0.15) is 5.54 Å². The number of fused-ring (bicyclic) bond motifs is 1. The molecule has 1 aromatic carbocycles. The maximum Gasteiger partial charge on any atom is 0.262 e. The summed E-state index contributed by atoms with van der Waals surface area (Å²) in [6.07, 6.45) is 1.38. The molecule has 0 saturated carbocycles. The van der Waals surface area contributed by atoms with Gasteiger partial charge in [-0.25, -0.2) is 0 Å². The number of benzene rings is 1. The minimum absolute atomic E-state index is 0.149. The molecular formula is C22H26ClN3O3S. The van der Waals surface area contributed by atoms with Crippen LogP contribution in [-0.4, -0.2) is 55.6 Å². The van der Waals surface area contributed by atoms with Crippen LogP contribution in [0.4, 0.5) is 5.69 Å². The maximum absolute atomic E-state index is 13.2. The van der Waals surface area contributed by atoms with E-state index in [2.05, 4.69) is 41.6 Å². The Balaban J connectivity index is 1.52. The van der Waals surface area contributed by atoms with Crippen LogP contribution in [0, 0.1) is 0 Å². The number of anilines is 1. The number of thiophene rings is 1. The molecule has 0 bridgehead atoms. The van der Waals surface area contributed by atoms with E-state index in [4.69, 9.17) is 16.3 Å². The molecule has 2 amide bonds. The molecular weight excluding hydrogens is 422 g/mol. The van der Waals surface area contributed by atoms with Gasteiger partial charge >= 0.3 is 0 Å². The monoisotopic (exact) mass is 447 g/mol. The largest absolute Gasteiger partial charge is 0.378 e. The zero-order valence-corrected chi connectivity index (χ0v) is 18.7. The van der Waals surface area contributed by atoms with Crippen LogP contribution in [0.1, 0.15) is 40.1 Å². The van der Waals surface area contributed by atoms with Crippen LogP contribution in [0.5, 0.6) is 0 Å². The van der Waals surface area contributed by atoms with Crippen LogP contribution in [0.15, 0.2) is 30.3 Å². The normalized spacial score (nSPS) is 24.2. The molecule has 2 aliphatic heterocycles. The first-order chi connectivity index (χ1) is 14.4. The lowest BCUT2D eigenvalue weighted by Crippen LogP contribution is -2.57. The van der Waals surface area contributed by atoms with Gasteiger partial charge in [-0.05, 0) is 54.8 Å². The summed E-state index contributed by atoms with van der Waals surface area (Å²) in [6, 6.07) is 9.45. The third-order valence-electron chi connectivity index (χ3n) is 5.89. The Bertz CT molecular complexity index is 955. The van der Waals surface area contributed by atoms with Crippen molar-refractivity contribution in [1.29, 1.82) is 0 Å². The van der Waals surface area contributed by atoms with Crippen molar-refractivity contribution in [2.45, 2.75) is 31.2 Å². The molecule has 1 fully saturated rings. The molecule has 3 heterocycles. The van der Waals surface area contributed by atoms with Crippen molar-refractivity contribution in [3.05, 3.63) is 50.7 Å². The van der Waals surface area contributed by atoms with E-state index >= 15 is 0 Å². The highest BCUT2D eigenvalue weighted by molar-refractivity contribution is 7.18. The number of likely N-dealkylation sites (N-methyl/N-ethyl adjacent to an activating group) is 1. The van der Waals surface area contributed by atoms with Crippen LogP contribution in [0.25, 0.3) is 0 Å². The smallest absolute Gasteiger partial charge is 0.262 e. The lowest BCUT2D eigenvalue weighted by molar-refractivity contribution is -0.122. The first kappa shape index (κ1) is 21.3. The van der Waals surface area contributed by atoms with E-state index in [-0.39, 0.29) is 18.4 Å². The molecule has 2 N–H and O–H groups in total. The highest BCUT2D eigenvalue weighted by Crippen LogP contribution is 2.29. The molecule has 2 aliphatic rings. The second-order valence-electron chi connectivity index (χ2n) is 8.22. The van der Waals surface area contributed by atoms with E-state index in [1.807, 2.05) is 6.07 Å². The number of carbonyl (C=O) groups excluding carboxylic acids is 2. The van der Waals surface area contributed by atoms with Crippen LogP contribution >= 0.6 is 22.9 Å². The Labute approximate surface area is 185 Å². The average molecular weight is 448 g/mol. The molecule has 2 aromatic rings. The molecule has 1 saturated heterocycles. The van der Waals surface area contributed by atoms with Gasteiger partial charge in [0.2, 0.25) is 0 Å². The Morgan fingerprint density at radius 1 is 1.30 bits per heavy atom. The standard InChI is InChI=1S/C22H26ClN3O3S/c1-14-12-26(2)9-7-15-11-16(3-4-17(14)15)24-21(28)22(8-10-29-13-22)25-20(27)18-5-6-19(23)30-18/h3-6,11,14H,7-10,12-13H2,1-2H3,(H,24,28)(H,25,27)/t14-,22+/m1/s1. The van der Waals surface area contributed by atoms with E-state index in [9.17, 15) is 9.59 Å². The van der Waals surface area contributed by atoms with Gasteiger partial charge in [-0.3, -0.25) is 9.59 Å². The molecule has 160 valence electrons. The molecule has 8 heteroatoms. The molecule has 4 rings (SSSR count). The Morgan fingerprint density at radius 3 is 2.83 bits per heavy atom. The predicted octanol–water partition coefficient (Wildman–Crippen LogP) is 3.52. The minimum atomic E-state index is -1.09. The Kier molecular flexibility index (Phi) is 6.16. The van der Waals surface area contributed by atoms with Crippen LogP contribution in [0.2, 0.25) is 4.34 Å². The van der Waals surface area contributed by atoms with Crippen LogP contribution in [-0.2, 0) is 16.0 Å². The quantitative estimate of drug-likeness (QED) is 0.752. The van der Waals surface area contributed by atoms with Gasteiger partial charge in [0, 0.05) is 31.8 Å². The van der Waals surface area contributed by atoms with E-state index in [1.165, 1.54) is 22.5 Å². The highest BCUT2D eigenvalue weighted by atomic mass is 35.5. The van der Waals surface area contributed by atoms with E-state index in [0.29, 0.717) is 28.2 Å². The number of ether oxygens (including phenoxy) is 1. The molecule has 0 unspecified atom stereocenters. The van der Waals surface area contributed by atoms with Gasteiger partial charge in [0.25, 0.3) is 11.8 Å². The Morgan fingerprint density at radius 2 is 2.13 bits per heavy atom. The third-order valence-corrected chi connectivity index (χ3v) is 7.12. The lowest BCUT2D eigenvalue weighted by atomic mass is 9.94. The highest BCUT2D eigenvalue weighted by Gasteiger charge is 2.44. The molecule has 30 heavy (non-hydrogen) atoms. The third kappa shape index (κ3) is 4.39. The van der Waals surface area contributed by atoms with Gasteiger partial charge in [-0.15, -0.1) is 11.3 Å². The summed E-state index contributed by atoms with van der Waals surface area (Å²) < 4.78 is 6.02. The second-order valence-corrected chi connectivity index (χ2v) is 9.94. The summed E-state index contributed by atoms with van der Waals surface area (Å²) >= 11 is 7.13. The van der Waals surface area contributed by atoms with Gasteiger partial charge in [-0.2, -0.15) is 0 Å². The van der Waals surface area contributed by atoms with Crippen molar-refractivity contribution >= 4 is 40.4 Å². The average Bonchev–Trinajstić information content (AvgIpc) is 3.33. The fraction of sp³-hybridized carbons (Fsp3) is 0.455. The van der Waals surface area contributed by atoms with E-state index in [1.54, 1.807) is 12.1 Å². The number of hydrogen-bond donors (Lipinski definition) is 2. The number of amides is 2. The maximum atomic E-state index is 13.2. The number of halogens is 1. The van der Waals surface area contributed by atoms with Crippen molar-refractivity contribution in [3.8, 4) is 0 Å². The summed E-state index contributed by atoms with van der Waals surface area (Å²) in [5, 5.41) is 5.91. The summed E-state index contributed by atoms with van der Waals surface area (Å²) in [4.78, 5) is 28.7. The van der Waals surface area contributed by atoms with Gasteiger partial charge in [0.05, 0.1) is 15.8 Å². The molecule has 0 aliphatic carbocycles. The fourth-order valence-electron chi connectivity index (χ4n) is 4.21. The van der Waals surface area contributed by atoms with E-state index < -0.39 is 5.54 Å². The van der Waals surface area contributed by atoms with Crippen molar-refractivity contribution in [3.63, 3.8) is 0 Å². The van der Waals surface area contributed by atoms with Gasteiger partial charge in [0.15, 0.2) is 0 Å². The van der Waals surface area contributed by atoms with E-state index in [0.717, 1.165) is 25.2 Å². The summed E-state index contributed by atoms with van der Waals surface area (Å²) in [5.41, 5.74) is 2.25. The topological polar surface area (TPSA) is 70.7 Å². The summed E-state index contributed by atoms with van der Waals surface area (Å²) in [6.45, 7) is 4.82. The lowest BCUT2D eigenvalue weighted by Gasteiger charge is -2.27. The Hall–Kier alpha value is -1.93. The number of nitrogens with zero attached hydrogens (tertiary/aromatic N) is 1. The zero-order valence-electron chi connectivity index (χ0n) is 17.2. The molecule has 0 radical (unpaired) electrons. The summed E-state index contributed by atoms with van der Waals surface area (Å²) in [5.74, 6) is -0.121. The van der Waals surface area contributed by atoms with Crippen molar-refractivity contribution < 1.29 is 14.3 Å². The second kappa shape index (κ2) is 8.67. The minimum Gasteiger partial charge on any atom is -0.378 e. The first-order valence-corrected chi connectivity index (χ1v) is 11.3. The van der Waals surface area contributed by atoms with Crippen molar-refractivity contribution in [2.24, 2.45) is 0 Å². The number of nitrogens with one attached hydrogen (secondary N) is 2. The van der Waals surface area contributed by atoms with Gasteiger partial charge < -0.3 is 20.3 Å². The molecule has 1 aromatic heterocycles. The van der Waals surface area contributed by atoms with Crippen molar-refractivity contribution in [2.75, 3.05) is 38.7 Å². The molecule has 2 atom stereocenters. The number of hydrogen-bond acceptors (Lipinski definition) is 5. The molecule has 6 nitrogen and oxygen atoms in total. The SMILES string of the molecule is C[C@@H]1CN(C)CCc2cc(NC(=O)[C@]3(NC(=O)c4ccc(Cl)s4)CCOC3)ccc21. The first-order valence-electron chi connectivity index (χ1n) is 10.1. The number of carbonyl (C=O) groups is 2. The van der Waals surface area contributed by atoms with Gasteiger partial charge in [-0.1, -0.05) is 24.6 Å². The fourth-order valence-corrected chi connectivity index (χ4v) is 5.15.